The van der Waals surface area contributed by atoms with Crippen LogP contribution in [0.3, 0.4) is 0 Å². The van der Waals surface area contributed by atoms with E-state index < -0.39 is 23.6 Å². The van der Waals surface area contributed by atoms with Crippen molar-refractivity contribution in [3.63, 3.8) is 0 Å². The van der Waals surface area contributed by atoms with Crippen molar-refractivity contribution in [1.29, 1.82) is 0 Å². The lowest BCUT2D eigenvalue weighted by molar-refractivity contribution is -0.112. The minimum Gasteiger partial charge on any atom is -0.350 e. The summed E-state index contributed by atoms with van der Waals surface area (Å²) in [5.74, 6) is -1.90. The maximum atomic E-state index is 13.7. The van der Waals surface area contributed by atoms with E-state index in [1.54, 1.807) is 0 Å². The SMILES string of the molecule is CN(C(=O)c1cc2c(F)cc(F)cc2[nH]1)C(C=O)CC(C)(C)C. The van der Waals surface area contributed by atoms with Crippen LogP contribution in [0.25, 0.3) is 10.9 Å². The van der Waals surface area contributed by atoms with E-state index in [1.807, 2.05) is 20.8 Å². The molecule has 0 spiro atoms. The van der Waals surface area contributed by atoms with Crippen LogP contribution >= 0.6 is 0 Å². The number of carbonyl (C=O) groups excluding carboxylic acids is 2. The van der Waals surface area contributed by atoms with Crippen molar-refractivity contribution in [2.75, 3.05) is 7.05 Å². The molecule has 0 bridgehead atoms. The van der Waals surface area contributed by atoms with Gasteiger partial charge in [0.15, 0.2) is 0 Å². The van der Waals surface area contributed by atoms with Crippen molar-refractivity contribution in [3.05, 3.63) is 35.5 Å². The van der Waals surface area contributed by atoms with Crippen molar-refractivity contribution in [2.24, 2.45) is 5.41 Å². The molecule has 0 fully saturated rings. The van der Waals surface area contributed by atoms with Crippen molar-refractivity contribution >= 4 is 23.1 Å². The molecule has 1 amide bonds. The number of likely N-dealkylation sites (N-methyl/N-ethyl adjacent to an activating group) is 1. The lowest BCUT2D eigenvalue weighted by atomic mass is 9.88. The summed E-state index contributed by atoms with van der Waals surface area (Å²) >= 11 is 0. The number of nitrogens with one attached hydrogen (secondary N) is 1. The van der Waals surface area contributed by atoms with Crippen LogP contribution in [0.2, 0.25) is 0 Å². The third-order valence-electron chi connectivity index (χ3n) is 3.68. The number of nitrogens with zero attached hydrogens (tertiary/aromatic N) is 1. The van der Waals surface area contributed by atoms with Crippen LogP contribution in [0.1, 0.15) is 37.7 Å². The largest absolute Gasteiger partial charge is 0.350 e. The van der Waals surface area contributed by atoms with Crippen LogP contribution in [0.15, 0.2) is 18.2 Å². The highest BCUT2D eigenvalue weighted by Crippen LogP contribution is 2.25. The molecule has 2 rings (SSSR count). The van der Waals surface area contributed by atoms with Gasteiger partial charge in [0.2, 0.25) is 0 Å². The van der Waals surface area contributed by atoms with Crippen molar-refractivity contribution in [1.82, 2.24) is 9.88 Å². The molecule has 1 unspecified atom stereocenters. The molecule has 0 radical (unpaired) electrons. The zero-order valence-corrected chi connectivity index (χ0v) is 13.6. The molecule has 0 aliphatic carbocycles. The topological polar surface area (TPSA) is 53.2 Å². The summed E-state index contributed by atoms with van der Waals surface area (Å²) in [5, 5.41) is 0.140. The normalized spacial score (nSPS) is 13.1. The van der Waals surface area contributed by atoms with Gasteiger partial charge in [-0.3, -0.25) is 4.79 Å². The molecule has 0 aliphatic heterocycles. The lowest BCUT2D eigenvalue weighted by Crippen LogP contribution is -2.40. The third kappa shape index (κ3) is 3.75. The first kappa shape index (κ1) is 17.1. The molecule has 1 aromatic heterocycles. The average molecular weight is 322 g/mol. The third-order valence-corrected chi connectivity index (χ3v) is 3.68. The first-order valence-electron chi connectivity index (χ1n) is 7.32. The Balaban J connectivity index is 2.32. The molecule has 1 atom stereocenters. The van der Waals surface area contributed by atoms with Gasteiger partial charge in [0.1, 0.15) is 23.6 Å². The van der Waals surface area contributed by atoms with Gasteiger partial charge in [0.25, 0.3) is 5.91 Å². The molecule has 0 saturated heterocycles. The minimum atomic E-state index is -0.736. The van der Waals surface area contributed by atoms with Gasteiger partial charge in [0.05, 0.1) is 11.6 Å². The second kappa shape index (κ2) is 6.10. The molecule has 0 aliphatic rings. The number of fused-ring (bicyclic) bond motifs is 1. The highest BCUT2D eigenvalue weighted by atomic mass is 19.1. The summed E-state index contributed by atoms with van der Waals surface area (Å²) in [5.41, 5.74) is 0.195. The fourth-order valence-corrected chi connectivity index (χ4v) is 2.52. The second-order valence-electron chi connectivity index (χ2n) is 6.92. The van der Waals surface area contributed by atoms with Crippen LogP contribution < -0.4 is 0 Å². The molecular weight excluding hydrogens is 302 g/mol. The summed E-state index contributed by atoms with van der Waals surface area (Å²) in [6.45, 7) is 5.93. The number of amides is 1. The summed E-state index contributed by atoms with van der Waals surface area (Å²) < 4.78 is 27.0. The van der Waals surface area contributed by atoms with E-state index in [9.17, 15) is 18.4 Å². The van der Waals surface area contributed by atoms with E-state index in [1.165, 1.54) is 18.0 Å². The number of benzene rings is 1. The summed E-state index contributed by atoms with van der Waals surface area (Å²) in [4.78, 5) is 27.9. The van der Waals surface area contributed by atoms with E-state index in [0.717, 1.165) is 18.4 Å². The Morgan fingerprint density at radius 2 is 1.96 bits per heavy atom. The van der Waals surface area contributed by atoms with Gasteiger partial charge in [-0.15, -0.1) is 0 Å². The number of aromatic amines is 1. The number of carbonyl (C=O) groups is 2. The first-order valence-corrected chi connectivity index (χ1v) is 7.32. The van der Waals surface area contributed by atoms with Crippen LogP contribution in [0.4, 0.5) is 8.78 Å². The van der Waals surface area contributed by atoms with Crippen molar-refractivity contribution in [2.45, 2.75) is 33.2 Å². The molecule has 23 heavy (non-hydrogen) atoms. The standard InChI is InChI=1S/C17H20F2N2O2/c1-17(2,3)8-11(9-22)21(4)16(23)15-7-12-13(19)5-10(18)6-14(12)20-15/h5-7,9,11,20H,8H2,1-4H3. The smallest absolute Gasteiger partial charge is 0.270 e. The highest BCUT2D eigenvalue weighted by molar-refractivity contribution is 5.99. The number of aromatic nitrogens is 1. The quantitative estimate of drug-likeness (QED) is 0.876. The van der Waals surface area contributed by atoms with Crippen molar-refractivity contribution in [3.8, 4) is 0 Å². The number of aldehydes is 1. The zero-order chi connectivity index (χ0) is 17.4. The monoisotopic (exact) mass is 322 g/mol. The summed E-state index contributed by atoms with van der Waals surface area (Å²) in [6.07, 6.45) is 1.23. The van der Waals surface area contributed by atoms with Gasteiger partial charge < -0.3 is 14.7 Å². The maximum Gasteiger partial charge on any atom is 0.270 e. The fourth-order valence-electron chi connectivity index (χ4n) is 2.52. The van der Waals surface area contributed by atoms with Crippen LogP contribution in [-0.2, 0) is 4.79 Å². The van der Waals surface area contributed by atoms with E-state index in [0.29, 0.717) is 6.42 Å². The summed E-state index contributed by atoms with van der Waals surface area (Å²) in [6, 6.07) is 2.64. The van der Waals surface area contributed by atoms with Crippen LogP contribution in [0.5, 0.6) is 0 Å². The summed E-state index contributed by atoms with van der Waals surface area (Å²) in [7, 11) is 1.52. The van der Waals surface area contributed by atoms with Gasteiger partial charge in [-0.25, -0.2) is 8.78 Å². The molecule has 1 aromatic carbocycles. The number of rotatable bonds is 4. The Morgan fingerprint density at radius 3 is 2.52 bits per heavy atom. The maximum absolute atomic E-state index is 13.7. The van der Waals surface area contributed by atoms with E-state index in [4.69, 9.17) is 0 Å². The molecule has 1 N–H and O–H groups in total. The molecule has 0 saturated carbocycles. The van der Waals surface area contributed by atoms with E-state index in [-0.39, 0.29) is 22.0 Å². The Labute approximate surface area is 133 Å². The number of H-pyrrole nitrogens is 1. The fraction of sp³-hybridized carbons (Fsp3) is 0.412. The van der Waals surface area contributed by atoms with E-state index in [2.05, 4.69) is 4.98 Å². The number of halogens is 2. The Kier molecular flexibility index (Phi) is 4.54. The van der Waals surface area contributed by atoms with Gasteiger partial charge in [-0.1, -0.05) is 20.8 Å². The average Bonchev–Trinajstić information content (AvgIpc) is 2.86. The number of hydrogen-bond acceptors (Lipinski definition) is 2. The molecule has 4 nitrogen and oxygen atoms in total. The Hall–Kier alpha value is -2.24. The van der Waals surface area contributed by atoms with Gasteiger partial charge >= 0.3 is 0 Å². The lowest BCUT2D eigenvalue weighted by Gasteiger charge is -2.29. The highest BCUT2D eigenvalue weighted by Gasteiger charge is 2.26. The molecule has 1 heterocycles. The Morgan fingerprint density at radius 1 is 1.30 bits per heavy atom. The van der Waals surface area contributed by atoms with E-state index >= 15 is 0 Å². The molecule has 6 heteroatoms. The van der Waals surface area contributed by atoms with Gasteiger partial charge in [-0.2, -0.15) is 0 Å². The Bertz CT molecular complexity index is 747. The molecule has 124 valence electrons. The van der Waals surface area contributed by atoms with Crippen LogP contribution in [0, 0.1) is 17.0 Å². The van der Waals surface area contributed by atoms with Crippen LogP contribution in [-0.4, -0.2) is 35.2 Å². The van der Waals surface area contributed by atoms with Gasteiger partial charge in [0, 0.05) is 18.5 Å². The zero-order valence-electron chi connectivity index (χ0n) is 13.6. The molecular formula is C17H20F2N2O2. The van der Waals surface area contributed by atoms with Gasteiger partial charge in [-0.05, 0) is 24.0 Å². The van der Waals surface area contributed by atoms with Crippen molar-refractivity contribution < 1.29 is 18.4 Å². The molecule has 2 aromatic rings. The first-order chi connectivity index (χ1) is 10.6. The minimum absolute atomic E-state index is 0.118. The second-order valence-corrected chi connectivity index (χ2v) is 6.92. The number of hydrogen-bond donors (Lipinski definition) is 1. The predicted octanol–water partition coefficient (Wildman–Crippen LogP) is 3.52. The predicted molar refractivity (Wildman–Crippen MR) is 84.2 cm³/mol.